The normalized spacial score (nSPS) is 10.4. The molecule has 3 aromatic rings. The lowest BCUT2D eigenvalue weighted by Crippen LogP contribution is -2.43. The molecular weight excluding hydrogens is 436 g/mol. The summed E-state index contributed by atoms with van der Waals surface area (Å²) in [6, 6.07) is 15.2. The maximum Gasteiger partial charge on any atom is 0.276 e. The fraction of sp³-hybridized carbons (Fsp3) is 0.0526. The predicted molar refractivity (Wildman–Crippen MR) is 106 cm³/mol. The molecule has 0 spiro atoms. The van der Waals surface area contributed by atoms with Crippen LogP contribution < -0.4 is 15.6 Å². The standard InChI is InChI=1S/C19H14BrClN2O4/c20-15-9-13(21)5-6-17(15)27-10-18(25)22-23-19(26)14-7-11-3-1-2-4-12(11)8-16(14)24/h1-9,24H,10H2,(H,22,25)(H,23,26). The summed E-state index contributed by atoms with van der Waals surface area (Å²) in [7, 11) is 0. The first-order valence-corrected chi connectivity index (χ1v) is 9.00. The molecular formula is C19H14BrClN2O4. The highest BCUT2D eigenvalue weighted by molar-refractivity contribution is 9.10. The van der Waals surface area contributed by atoms with Gasteiger partial charge in [0.2, 0.25) is 0 Å². The summed E-state index contributed by atoms with van der Waals surface area (Å²) in [6.07, 6.45) is 0. The average Bonchev–Trinajstić information content (AvgIpc) is 2.64. The van der Waals surface area contributed by atoms with E-state index >= 15 is 0 Å². The molecule has 0 aliphatic heterocycles. The van der Waals surface area contributed by atoms with Crippen LogP contribution in [-0.2, 0) is 4.79 Å². The molecule has 0 radical (unpaired) electrons. The molecule has 0 bridgehead atoms. The van der Waals surface area contributed by atoms with Gasteiger partial charge in [-0.1, -0.05) is 35.9 Å². The van der Waals surface area contributed by atoms with Gasteiger partial charge in [-0.3, -0.25) is 20.4 Å². The van der Waals surface area contributed by atoms with Gasteiger partial charge in [-0.25, -0.2) is 0 Å². The molecule has 3 N–H and O–H groups in total. The number of aromatic hydroxyl groups is 1. The third-order valence-electron chi connectivity index (χ3n) is 3.68. The van der Waals surface area contributed by atoms with Crippen LogP contribution in [0, 0.1) is 0 Å². The number of ether oxygens (including phenoxy) is 1. The molecule has 0 fully saturated rings. The highest BCUT2D eigenvalue weighted by Crippen LogP contribution is 2.28. The maximum atomic E-state index is 12.2. The smallest absolute Gasteiger partial charge is 0.276 e. The number of nitrogens with one attached hydrogen (secondary N) is 2. The van der Waals surface area contributed by atoms with E-state index in [0.717, 1.165) is 10.8 Å². The fourth-order valence-corrected chi connectivity index (χ4v) is 3.17. The first-order valence-electron chi connectivity index (χ1n) is 7.83. The van der Waals surface area contributed by atoms with Crippen LogP contribution in [0.3, 0.4) is 0 Å². The van der Waals surface area contributed by atoms with Crippen LogP contribution in [0.25, 0.3) is 10.8 Å². The van der Waals surface area contributed by atoms with Crippen molar-refractivity contribution in [1.29, 1.82) is 0 Å². The summed E-state index contributed by atoms with van der Waals surface area (Å²) >= 11 is 9.12. The minimum Gasteiger partial charge on any atom is -0.507 e. The van der Waals surface area contributed by atoms with Crippen LogP contribution in [0.15, 0.2) is 59.1 Å². The topological polar surface area (TPSA) is 87.7 Å². The Hall–Kier alpha value is -2.77. The minimum absolute atomic E-state index is 0.0513. The van der Waals surface area contributed by atoms with Gasteiger partial charge in [-0.15, -0.1) is 0 Å². The lowest BCUT2D eigenvalue weighted by molar-refractivity contribution is -0.123. The summed E-state index contributed by atoms with van der Waals surface area (Å²) < 4.78 is 5.96. The second-order valence-corrected chi connectivity index (χ2v) is 6.87. The lowest BCUT2D eigenvalue weighted by atomic mass is 10.1. The molecule has 6 nitrogen and oxygen atoms in total. The van der Waals surface area contributed by atoms with Crippen molar-refractivity contribution in [3.63, 3.8) is 0 Å². The number of hydrazine groups is 1. The Bertz CT molecular complexity index is 1030. The molecule has 0 heterocycles. The number of fused-ring (bicyclic) bond motifs is 1. The summed E-state index contributed by atoms with van der Waals surface area (Å²) in [5.41, 5.74) is 4.55. The Morgan fingerprint density at radius 1 is 1.04 bits per heavy atom. The number of halogens is 2. The highest BCUT2D eigenvalue weighted by atomic mass is 79.9. The van der Waals surface area contributed by atoms with E-state index in [2.05, 4.69) is 26.8 Å². The number of hydrogen-bond donors (Lipinski definition) is 3. The number of carbonyl (C=O) groups excluding carboxylic acids is 2. The van der Waals surface area contributed by atoms with Crippen molar-refractivity contribution >= 4 is 50.1 Å². The second-order valence-electron chi connectivity index (χ2n) is 5.58. The van der Waals surface area contributed by atoms with Gasteiger partial charge in [-0.05, 0) is 57.0 Å². The van der Waals surface area contributed by atoms with Gasteiger partial charge < -0.3 is 9.84 Å². The van der Waals surface area contributed by atoms with Gasteiger partial charge in [0.05, 0.1) is 10.0 Å². The maximum absolute atomic E-state index is 12.2. The van der Waals surface area contributed by atoms with E-state index in [1.54, 1.807) is 24.3 Å². The van der Waals surface area contributed by atoms with Crippen molar-refractivity contribution in [2.45, 2.75) is 0 Å². The SMILES string of the molecule is O=C(COc1ccc(Cl)cc1Br)NNC(=O)c1cc2ccccc2cc1O. The molecule has 3 rings (SSSR count). The summed E-state index contributed by atoms with van der Waals surface area (Å²) in [5, 5.41) is 12.2. The molecule has 0 aliphatic carbocycles. The van der Waals surface area contributed by atoms with Crippen molar-refractivity contribution in [3.8, 4) is 11.5 Å². The van der Waals surface area contributed by atoms with Gasteiger partial charge in [0, 0.05) is 5.02 Å². The van der Waals surface area contributed by atoms with Crippen LogP contribution in [0.1, 0.15) is 10.4 Å². The molecule has 138 valence electrons. The van der Waals surface area contributed by atoms with Gasteiger partial charge in [0.1, 0.15) is 11.5 Å². The van der Waals surface area contributed by atoms with Crippen LogP contribution in [0.2, 0.25) is 5.02 Å². The van der Waals surface area contributed by atoms with Crippen LogP contribution in [0.5, 0.6) is 11.5 Å². The third-order valence-corrected chi connectivity index (χ3v) is 4.53. The number of benzene rings is 3. The van der Waals surface area contributed by atoms with Crippen molar-refractivity contribution in [2.24, 2.45) is 0 Å². The van der Waals surface area contributed by atoms with E-state index in [-0.39, 0.29) is 17.9 Å². The zero-order valence-corrected chi connectivity index (χ0v) is 16.2. The number of rotatable bonds is 4. The van der Waals surface area contributed by atoms with E-state index in [0.29, 0.717) is 15.2 Å². The van der Waals surface area contributed by atoms with Crippen LogP contribution in [0.4, 0.5) is 0 Å². The number of carbonyl (C=O) groups is 2. The average molecular weight is 450 g/mol. The van der Waals surface area contributed by atoms with Crippen molar-refractivity contribution < 1.29 is 19.4 Å². The number of hydrogen-bond acceptors (Lipinski definition) is 4. The van der Waals surface area contributed by atoms with E-state index in [1.807, 2.05) is 24.3 Å². The summed E-state index contributed by atoms with van der Waals surface area (Å²) in [4.78, 5) is 24.1. The molecule has 2 amide bonds. The monoisotopic (exact) mass is 448 g/mol. The zero-order valence-electron chi connectivity index (χ0n) is 13.8. The summed E-state index contributed by atoms with van der Waals surface area (Å²) in [6.45, 7) is -0.315. The Balaban J connectivity index is 1.58. The van der Waals surface area contributed by atoms with Gasteiger partial charge in [0.25, 0.3) is 11.8 Å². The van der Waals surface area contributed by atoms with Crippen LogP contribution >= 0.6 is 27.5 Å². The zero-order chi connectivity index (χ0) is 19.4. The Labute approximate surface area is 168 Å². The molecule has 0 atom stereocenters. The van der Waals surface area contributed by atoms with E-state index in [4.69, 9.17) is 16.3 Å². The molecule has 0 aliphatic rings. The van der Waals surface area contributed by atoms with Crippen molar-refractivity contribution in [3.05, 3.63) is 69.7 Å². The molecule has 27 heavy (non-hydrogen) atoms. The van der Waals surface area contributed by atoms with Crippen molar-refractivity contribution in [2.75, 3.05) is 6.61 Å². The number of phenols is 1. The van der Waals surface area contributed by atoms with Gasteiger partial charge >= 0.3 is 0 Å². The second kappa shape index (κ2) is 8.28. The fourth-order valence-electron chi connectivity index (χ4n) is 2.38. The first kappa shape index (κ1) is 19.0. The van der Waals surface area contributed by atoms with Gasteiger partial charge in [-0.2, -0.15) is 0 Å². The molecule has 0 saturated heterocycles. The number of phenolic OH excluding ortho intramolecular Hbond substituents is 1. The quantitative estimate of drug-likeness (QED) is 0.529. The first-order chi connectivity index (χ1) is 12.9. The van der Waals surface area contributed by atoms with Gasteiger partial charge in [0.15, 0.2) is 6.61 Å². The van der Waals surface area contributed by atoms with E-state index in [9.17, 15) is 14.7 Å². The molecule has 8 heteroatoms. The number of amides is 2. The Kier molecular flexibility index (Phi) is 5.83. The molecule has 0 saturated carbocycles. The van der Waals surface area contributed by atoms with Crippen molar-refractivity contribution in [1.82, 2.24) is 10.9 Å². The van der Waals surface area contributed by atoms with Crippen LogP contribution in [-0.4, -0.2) is 23.5 Å². The summed E-state index contributed by atoms with van der Waals surface area (Å²) in [5.74, 6) is -0.945. The highest BCUT2D eigenvalue weighted by Gasteiger charge is 2.14. The predicted octanol–water partition coefficient (Wildman–Crippen LogP) is 3.80. The Morgan fingerprint density at radius 2 is 1.74 bits per heavy atom. The lowest BCUT2D eigenvalue weighted by Gasteiger charge is -2.11. The molecule has 3 aromatic carbocycles. The van der Waals surface area contributed by atoms with E-state index < -0.39 is 11.8 Å². The molecule has 0 unspecified atom stereocenters. The largest absolute Gasteiger partial charge is 0.507 e. The third kappa shape index (κ3) is 4.69. The minimum atomic E-state index is -0.640. The Morgan fingerprint density at radius 3 is 2.44 bits per heavy atom. The van der Waals surface area contributed by atoms with E-state index in [1.165, 1.54) is 6.07 Å². The molecule has 0 aromatic heterocycles.